The fourth-order valence-electron chi connectivity index (χ4n) is 1.65. The van der Waals surface area contributed by atoms with Crippen LogP contribution >= 0.6 is 0 Å². The van der Waals surface area contributed by atoms with E-state index in [2.05, 4.69) is 10.1 Å². The van der Waals surface area contributed by atoms with Crippen molar-refractivity contribution in [3.63, 3.8) is 0 Å². The third-order valence-electron chi connectivity index (χ3n) is 2.34. The summed E-state index contributed by atoms with van der Waals surface area (Å²) in [6.07, 6.45) is 3.09. The van der Waals surface area contributed by atoms with Crippen molar-refractivity contribution in [1.29, 1.82) is 0 Å². The number of aliphatic imine (C=N–C) groups is 1. The standard InChI is InChI=1S/C8H14N4O3/c1-9-7(8(10-13)12(14)15)11-5-3-2-4-6-11/h13H,2-6H2,1H3/b9-7?,10-8-. The maximum absolute atomic E-state index is 10.6. The topological polar surface area (TPSA) is 91.3 Å². The van der Waals surface area contributed by atoms with Gasteiger partial charge in [0, 0.05) is 20.1 Å². The van der Waals surface area contributed by atoms with E-state index in [9.17, 15) is 10.1 Å². The Labute approximate surface area is 87.2 Å². The molecule has 0 radical (unpaired) electrons. The van der Waals surface area contributed by atoms with Gasteiger partial charge in [0.05, 0.1) is 0 Å². The van der Waals surface area contributed by atoms with Crippen molar-refractivity contribution in [1.82, 2.24) is 4.90 Å². The first-order valence-corrected chi connectivity index (χ1v) is 4.79. The number of piperidine rings is 1. The van der Waals surface area contributed by atoms with Gasteiger partial charge in [0.15, 0.2) is 5.16 Å². The van der Waals surface area contributed by atoms with E-state index in [1.807, 2.05) is 0 Å². The van der Waals surface area contributed by atoms with Crippen molar-refractivity contribution >= 4 is 11.7 Å². The maximum atomic E-state index is 10.6. The highest BCUT2D eigenvalue weighted by atomic mass is 16.6. The first-order valence-electron chi connectivity index (χ1n) is 4.79. The molecule has 1 N–H and O–H groups in total. The Morgan fingerprint density at radius 1 is 1.40 bits per heavy atom. The SMILES string of the molecule is CN=C(/C(=N/O)[N+](=O)[O-])N1CCCCC1. The lowest BCUT2D eigenvalue weighted by molar-refractivity contribution is -0.348. The smallest absolute Gasteiger partial charge is 0.358 e. The van der Waals surface area contributed by atoms with E-state index < -0.39 is 10.8 Å². The van der Waals surface area contributed by atoms with Crippen molar-refractivity contribution < 1.29 is 10.1 Å². The van der Waals surface area contributed by atoms with E-state index in [0.717, 1.165) is 32.4 Å². The molecule has 0 amide bonds. The molecule has 1 aliphatic rings. The Hall–Kier alpha value is -1.66. The van der Waals surface area contributed by atoms with Crippen molar-refractivity contribution in [2.24, 2.45) is 10.1 Å². The van der Waals surface area contributed by atoms with Crippen molar-refractivity contribution in [3.05, 3.63) is 10.1 Å². The van der Waals surface area contributed by atoms with Crippen LogP contribution in [0.4, 0.5) is 0 Å². The maximum Gasteiger partial charge on any atom is 0.451 e. The Bertz CT molecular complexity index is 294. The molecule has 0 aromatic rings. The Morgan fingerprint density at radius 2 is 2.00 bits per heavy atom. The van der Waals surface area contributed by atoms with Gasteiger partial charge < -0.3 is 20.2 Å². The van der Waals surface area contributed by atoms with Crippen LogP contribution in [0.2, 0.25) is 0 Å². The molecule has 0 saturated carbocycles. The minimum Gasteiger partial charge on any atom is -0.358 e. The van der Waals surface area contributed by atoms with Gasteiger partial charge in [-0.2, -0.15) is 0 Å². The molecule has 0 aliphatic carbocycles. The highest BCUT2D eigenvalue weighted by Crippen LogP contribution is 2.10. The molecule has 0 atom stereocenters. The van der Waals surface area contributed by atoms with Crippen LogP contribution in [-0.2, 0) is 0 Å². The van der Waals surface area contributed by atoms with Gasteiger partial charge in [-0.25, -0.2) is 0 Å². The third-order valence-corrected chi connectivity index (χ3v) is 2.34. The molecule has 0 aromatic carbocycles. The number of hydrogen-bond acceptors (Lipinski definition) is 5. The van der Waals surface area contributed by atoms with E-state index >= 15 is 0 Å². The third kappa shape index (κ3) is 2.64. The lowest BCUT2D eigenvalue weighted by atomic mass is 10.1. The molecule has 15 heavy (non-hydrogen) atoms. The molecule has 0 unspecified atom stereocenters. The van der Waals surface area contributed by atoms with Gasteiger partial charge in [0.2, 0.25) is 5.84 Å². The van der Waals surface area contributed by atoms with Crippen LogP contribution in [0.25, 0.3) is 0 Å². The molecule has 1 saturated heterocycles. The first-order chi connectivity index (χ1) is 7.20. The second kappa shape index (κ2) is 5.28. The van der Waals surface area contributed by atoms with E-state index in [0.29, 0.717) is 0 Å². The summed E-state index contributed by atoms with van der Waals surface area (Å²) >= 11 is 0. The summed E-state index contributed by atoms with van der Waals surface area (Å²) in [6, 6.07) is 0. The summed E-state index contributed by atoms with van der Waals surface area (Å²) in [5, 5.41) is 21.8. The quantitative estimate of drug-likeness (QED) is 0.210. The molecular formula is C8H14N4O3. The van der Waals surface area contributed by atoms with Gasteiger partial charge in [-0.1, -0.05) is 0 Å². The van der Waals surface area contributed by atoms with Gasteiger partial charge in [0.25, 0.3) is 0 Å². The number of amidine groups is 2. The molecule has 1 heterocycles. The molecule has 0 aromatic heterocycles. The summed E-state index contributed by atoms with van der Waals surface area (Å²) in [7, 11) is 1.46. The number of rotatable bonds is 0. The highest BCUT2D eigenvalue weighted by molar-refractivity contribution is 6.36. The zero-order chi connectivity index (χ0) is 11.3. The Balaban J connectivity index is 2.82. The number of nitrogens with zero attached hydrogens (tertiary/aromatic N) is 4. The van der Waals surface area contributed by atoms with Crippen LogP contribution < -0.4 is 0 Å². The second-order valence-electron chi connectivity index (χ2n) is 3.28. The van der Waals surface area contributed by atoms with Crippen LogP contribution in [0.15, 0.2) is 10.1 Å². The lowest BCUT2D eigenvalue weighted by Gasteiger charge is -2.27. The monoisotopic (exact) mass is 214 g/mol. The zero-order valence-electron chi connectivity index (χ0n) is 8.59. The number of nitro groups is 1. The number of hydrogen-bond donors (Lipinski definition) is 1. The largest absolute Gasteiger partial charge is 0.451 e. The summed E-state index contributed by atoms with van der Waals surface area (Å²) in [5.41, 5.74) is 0. The van der Waals surface area contributed by atoms with E-state index in [4.69, 9.17) is 5.21 Å². The van der Waals surface area contributed by atoms with Gasteiger partial charge in [0.1, 0.15) is 0 Å². The predicted molar refractivity (Wildman–Crippen MR) is 55.0 cm³/mol. The van der Waals surface area contributed by atoms with E-state index in [1.54, 1.807) is 4.90 Å². The average molecular weight is 214 g/mol. The summed E-state index contributed by atoms with van der Waals surface area (Å²) in [5.74, 6) is -0.429. The fourth-order valence-corrected chi connectivity index (χ4v) is 1.65. The van der Waals surface area contributed by atoms with Crippen LogP contribution in [0.3, 0.4) is 0 Å². The number of likely N-dealkylation sites (tertiary alicyclic amines) is 1. The summed E-state index contributed by atoms with van der Waals surface area (Å²) < 4.78 is 0. The molecule has 1 aliphatic heterocycles. The normalized spacial score (nSPS) is 19.1. The van der Waals surface area contributed by atoms with E-state index in [1.165, 1.54) is 7.05 Å². The Morgan fingerprint density at radius 3 is 2.40 bits per heavy atom. The highest BCUT2D eigenvalue weighted by Gasteiger charge is 2.28. The van der Waals surface area contributed by atoms with Crippen LogP contribution in [0.5, 0.6) is 0 Å². The van der Waals surface area contributed by atoms with Gasteiger partial charge in [-0.15, -0.1) is 0 Å². The predicted octanol–water partition coefficient (Wildman–Crippen LogP) is 0.565. The molecule has 1 rings (SSSR count). The van der Waals surface area contributed by atoms with Crippen LogP contribution in [0.1, 0.15) is 19.3 Å². The fraction of sp³-hybridized carbons (Fsp3) is 0.750. The van der Waals surface area contributed by atoms with E-state index in [-0.39, 0.29) is 5.84 Å². The van der Waals surface area contributed by atoms with Gasteiger partial charge >= 0.3 is 5.84 Å². The summed E-state index contributed by atoms with van der Waals surface area (Å²) in [4.78, 5) is 15.4. The Kier molecular flexibility index (Phi) is 4.02. The molecule has 7 nitrogen and oxygen atoms in total. The molecule has 0 spiro atoms. The lowest BCUT2D eigenvalue weighted by Crippen LogP contribution is -2.42. The van der Waals surface area contributed by atoms with Crippen molar-refractivity contribution in [3.8, 4) is 0 Å². The molecule has 7 heteroatoms. The molecule has 0 bridgehead atoms. The minimum absolute atomic E-state index is 0.155. The van der Waals surface area contributed by atoms with Gasteiger partial charge in [-0.05, 0) is 24.2 Å². The second-order valence-corrected chi connectivity index (χ2v) is 3.28. The molecule has 1 fully saturated rings. The number of oxime groups is 1. The van der Waals surface area contributed by atoms with Crippen molar-refractivity contribution in [2.75, 3.05) is 20.1 Å². The average Bonchev–Trinajstić information content (AvgIpc) is 2.26. The minimum atomic E-state index is -0.725. The summed E-state index contributed by atoms with van der Waals surface area (Å²) in [6.45, 7) is 1.44. The molecule has 84 valence electrons. The van der Waals surface area contributed by atoms with Crippen LogP contribution in [-0.4, -0.2) is 46.8 Å². The molecular weight excluding hydrogens is 200 g/mol. The van der Waals surface area contributed by atoms with Crippen molar-refractivity contribution in [2.45, 2.75) is 19.3 Å². The zero-order valence-corrected chi connectivity index (χ0v) is 8.59. The van der Waals surface area contributed by atoms with Gasteiger partial charge in [-0.3, -0.25) is 4.99 Å². The first kappa shape index (κ1) is 11.4. The van der Waals surface area contributed by atoms with Crippen LogP contribution in [0, 0.1) is 10.1 Å².